The first-order valence-corrected chi connectivity index (χ1v) is 21.3. The van der Waals surface area contributed by atoms with Crippen molar-refractivity contribution in [3.05, 3.63) is 69.9 Å². The normalized spacial score (nSPS) is 33.2. The first-order chi connectivity index (χ1) is 26.4. The van der Waals surface area contributed by atoms with Crippen molar-refractivity contribution in [2.75, 3.05) is 44.6 Å². The molecule has 1 saturated heterocycles. The third kappa shape index (κ3) is 7.36. The van der Waals surface area contributed by atoms with E-state index in [9.17, 15) is 18.9 Å². The van der Waals surface area contributed by atoms with Gasteiger partial charge in [0.15, 0.2) is 6.29 Å². The molecule has 2 aliphatic carbocycles. The van der Waals surface area contributed by atoms with E-state index in [2.05, 4.69) is 31.2 Å². The molecule has 296 valence electrons. The van der Waals surface area contributed by atoms with E-state index < -0.39 is 40.0 Å². The number of aryl methyl sites for hydroxylation is 2. The number of hydrogen-bond donors (Lipinski definition) is 2. The smallest absolute Gasteiger partial charge is 0.286 e. The minimum Gasteiger partial charge on any atom is -0.490 e. The van der Waals surface area contributed by atoms with Gasteiger partial charge in [-0.05, 0) is 104 Å². The fraction of sp³-hybridized carbons (Fsp3) is 0.575. The van der Waals surface area contributed by atoms with Gasteiger partial charge in [0.2, 0.25) is 5.88 Å². The van der Waals surface area contributed by atoms with Gasteiger partial charge in [-0.25, -0.2) is 4.21 Å². The molecule has 4 unspecified atom stereocenters. The Balaban J connectivity index is 1.22. The molecule has 13 nitrogen and oxygen atoms in total. The van der Waals surface area contributed by atoms with Crippen LogP contribution in [0.5, 0.6) is 11.6 Å². The summed E-state index contributed by atoms with van der Waals surface area (Å²) in [5.74, 6) is -0.948. The van der Waals surface area contributed by atoms with Gasteiger partial charge in [-0.15, -0.1) is 9.46 Å². The summed E-state index contributed by atoms with van der Waals surface area (Å²) in [7, 11) is 1.00. The highest BCUT2D eigenvalue weighted by molar-refractivity contribution is 7.92. The number of nitrogens with one attached hydrogen (secondary N) is 1. The predicted octanol–water partition coefficient (Wildman–Crippen LogP) is 5.31. The van der Waals surface area contributed by atoms with Gasteiger partial charge in [-0.3, -0.25) is 19.0 Å². The lowest BCUT2D eigenvalue weighted by Crippen LogP contribution is -2.50. The molecule has 9 atom stereocenters. The number of hydrogen-bond acceptors (Lipinski definition) is 10. The second kappa shape index (κ2) is 15.0. The first kappa shape index (κ1) is 38.2. The molecule has 55 heavy (non-hydrogen) atoms. The van der Waals surface area contributed by atoms with Crippen LogP contribution in [0.4, 0.5) is 5.69 Å². The number of carbonyl (C=O) groups is 2. The first-order valence-electron chi connectivity index (χ1n) is 19.2. The molecule has 15 heteroatoms. The molecule has 1 spiro atoms. The van der Waals surface area contributed by atoms with Gasteiger partial charge in [0.05, 0.1) is 37.4 Å². The number of aliphatic hydroxyl groups is 1. The lowest BCUT2D eigenvalue weighted by Gasteiger charge is -2.47. The molecule has 3 aliphatic heterocycles. The molecule has 2 bridgehead atoms. The van der Waals surface area contributed by atoms with Gasteiger partial charge in [0.25, 0.3) is 11.8 Å². The zero-order chi connectivity index (χ0) is 38.6. The van der Waals surface area contributed by atoms with Gasteiger partial charge in [-0.1, -0.05) is 24.6 Å². The van der Waals surface area contributed by atoms with E-state index in [1.54, 1.807) is 32.4 Å². The quantitative estimate of drug-likeness (QED) is 0.355. The summed E-state index contributed by atoms with van der Waals surface area (Å²) in [6.07, 6.45) is 5.83. The van der Waals surface area contributed by atoms with E-state index in [-0.39, 0.29) is 46.1 Å². The number of anilines is 1. The van der Waals surface area contributed by atoms with Crippen molar-refractivity contribution >= 4 is 39.0 Å². The van der Waals surface area contributed by atoms with Gasteiger partial charge in [0, 0.05) is 55.9 Å². The van der Waals surface area contributed by atoms with Gasteiger partial charge < -0.3 is 29.0 Å². The second-order valence-electron chi connectivity index (χ2n) is 16.2. The Kier molecular flexibility index (Phi) is 10.4. The van der Waals surface area contributed by atoms with Crippen LogP contribution in [0.3, 0.4) is 0 Å². The number of benzene rings is 2. The van der Waals surface area contributed by atoms with Crippen molar-refractivity contribution in [2.45, 2.75) is 75.8 Å². The lowest BCUT2D eigenvalue weighted by atomic mass is 9.67. The Bertz CT molecular complexity index is 2100. The summed E-state index contributed by atoms with van der Waals surface area (Å²) in [6.45, 7) is 3.72. The molecular formula is C40H50ClN5O8S. The largest absolute Gasteiger partial charge is 0.490 e. The zero-order valence-electron chi connectivity index (χ0n) is 31.7. The molecule has 5 aliphatic rings. The summed E-state index contributed by atoms with van der Waals surface area (Å²) < 4.78 is 47.6. The van der Waals surface area contributed by atoms with Crippen LogP contribution >= 0.6 is 11.6 Å². The molecule has 0 radical (unpaired) electrons. The fourth-order valence-corrected chi connectivity index (χ4v) is 11.9. The third-order valence-corrected chi connectivity index (χ3v) is 14.8. The monoisotopic (exact) mass is 795 g/mol. The van der Waals surface area contributed by atoms with E-state index in [0.29, 0.717) is 37.7 Å². The van der Waals surface area contributed by atoms with E-state index in [4.69, 9.17) is 30.5 Å². The molecule has 2 N–H and O–H groups in total. The molecule has 3 aromatic rings. The van der Waals surface area contributed by atoms with Crippen LogP contribution in [0.1, 0.15) is 77.3 Å². The summed E-state index contributed by atoms with van der Waals surface area (Å²) in [5.41, 5.74) is 3.24. The summed E-state index contributed by atoms with van der Waals surface area (Å²) >= 11 is 6.48. The highest BCUT2D eigenvalue weighted by Crippen LogP contribution is 2.48. The van der Waals surface area contributed by atoms with Crippen LogP contribution in [0.15, 0.2) is 47.0 Å². The number of nitrogens with zero attached hydrogens (tertiary/aromatic N) is 4. The molecule has 1 aromatic heterocycles. The maximum atomic E-state index is 14.9. The number of aromatic nitrogens is 2. The molecule has 2 aromatic carbocycles. The molecule has 4 heterocycles. The summed E-state index contributed by atoms with van der Waals surface area (Å²) in [5, 5.41) is 15.7. The average molecular weight is 796 g/mol. The highest BCUT2D eigenvalue weighted by atomic mass is 35.5. The summed E-state index contributed by atoms with van der Waals surface area (Å²) in [4.78, 5) is 30.3. The van der Waals surface area contributed by atoms with Crippen LogP contribution in [0.25, 0.3) is 0 Å². The van der Waals surface area contributed by atoms with Crippen LogP contribution in [-0.2, 0) is 38.3 Å². The average Bonchev–Trinajstić information content (AvgIpc) is 3.67. The minimum absolute atomic E-state index is 0.0464. The van der Waals surface area contributed by atoms with Crippen LogP contribution < -0.4 is 19.1 Å². The van der Waals surface area contributed by atoms with Crippen molar-refractivity contribution in [1.82, 2.24) is 14.5 Å². The number of carbonyl (C=O) groups excluding carboxylic acids is 2. The fourth-order valence-electron chi connectivity index (χ4n) is 9.87. The van der Waals surface area contributed by atoms with Crippen molar-refractivity contribution in [3.63, 3.8) is 0 Å². The Morgan fingerprint density at radius 2 is 1.98 bits per heavy atom. The molecule has 2 amide bonds. The maximum absolute atomic E-state index is 14.9. The SMILES string of the molecule is COc1nn(C)cc1C(=O)NS1(=O)=NC(=O)c2ccc3c(c2)N(C[C@@H]2CC[C@H]2[C@@H](OC)CC2CC(O)OC2[C@H](C)C1)C[C@@]1(CCCc2cc(Cl)ccc21)CO3. The van der Waals surface area contributed by atoms with Crippen LogP contribution in [0.2, 0.25) is 5.02 Å². The number of ether oxygens (including phenoxy) is 4. The lowest BCUT2D eigenvalue weighted by molar-refractivity contribution is -0.106. The summed E-state index contributed by atoms with van der Waals surface area (Å²) in [6, 6.07) is 11.4. The Labute approximate surface area is 327 Å². The van der Waals surface area contributed by atoms with Gasteiger partial charge in [0.1, 0.15) is 21.2 Å². The van der Waals surface area contributed by atoms with E-state index in [1.807, 2.05) is 13.0 Å². The van der Waals surface area contributed by atoms with Crippen molar-refractivity contribution in [2.24, 2.45) is 35.1 Å². The van der Waals surface area contributed by atoms with E-state index in [0.717, 1.165) is 49.4 Å². The van der Waals surface area contributed by atoms with E-state index >= 15 is 0 Å². The standard InChI is InChI=1S/C40H50ClN5O8S/c1-23-20-55(50,44-38(49)30-19-45(2)42-39(30)52-4)43-37(48)25-8-12-33-32(15-25)46(21-40(22-53-33)13-5-6-24-14-28(41)9-11-31(24)40)18-26-7-10-29(26)34(51-3)16-27-17-35(47)54-36(23)27/h8-9,11-12,14-15,19,23,26-27,29,34-36,47H,5-7,10,13,16-18,20-22H2,1-4H3,(H,43,44,48,49,50)/t23-,26+,27?,29-,34+,35?,36?,40+,55?/m1/s1. The second-order valence-corrected chi connectivity index (χ2v) is 18.6. The maximum Gasteiger partial charge on any atom is 0.286 e. The van der Waals surface area contributed by atoms with Crippen molar-refractivity contribution in [1.29, 1.82) is 0 Å². The highest BCUT2D eigenvalue weighted by Gasteiger charge is 2.47. The molecular weight excluding hydrogens is 746 g/mol. The van der Waals surface area contributed by atoms with Gasteiger partial charge >= 0.3 is 0 Å². The van der Waals surface area contributed by atoms with Crippen molar-refractivity contribution in [3.8, 4) is 11.6 Å². The Morgan fingerprint density at radius 3 is 2.75 bits per heavy atom. The number of aliphatic hydroxyl groups excluding tert-OH is 1. The molecule has 1 saturated carbocycles. The number of halogens is 1. The Hall–Kier alpha value is -3.69. The molecule has 8 rings (SSSR count). The van der Waals surface area contributed by atoms with Crippen LogP contribution in [0, 0.1) is 23.7 Å². The number of methoxy groups -OCH3 is 2. The Morgan fingerprint density at radius 1 is 1.15 bits per heavy atom. The predicted molar refractivity (Wildman–Crippen MR) is 207 cm³/mol. The number of amides is 2. The number of rotatable bonds is 4. The van der Waals surface area contributed by atoms with Crippen molar-refractivity contribution < 1.29 is 37.9 Å². The zero-order valence-corrected chi connectivity index (χ0v) is 33.3. The van der Waals surface area contributed by atoms with E-state index in [1.165, 1.54) is 29.1 Å². The van der Waals surface area contributed by atoms with Gasteiger partial charge in [-0.2, -0.15) is 0 Å². The topological polar surface area (TPSA) is 154 Å². The minimum atomic E-state index is -3.78. The number of fused-ring (bicyclic) bond motifs is 5. The van der Waals surface area contributed by atoms with Crippen LogP contribution in [-0.4, -0.2) is 89.1 Å². The molecule has 2 fully saturated rings. The third-order valence-electron chi connectivity index (χ3n) is 12.6.